The van der Waals surface area contributed by atoms with E-state index in [0.29, 0.717) is 6.42 Å². The van der Waals surface area contributed by atoms with Gasteiger partial charge in [0.15, 0.2) is 0 Å². The zero-order valence-electron chi connectivity index (χ0n) is 6.17. The number of carbonyl (C=O) groups excluding carboxylic acids is 2. The molecule has 0 aliphatic heterocycles. The van der Waals surface area contributed by atoms with E-state index in [1.165, 1.54) is 0 Å². The van der Waals surface area contributed by atoms with Crippen molar-refractivity contribution in [2.45, 2.75) is 26.2 Å². The van der Waals surface area contributed by atoms with E-state index in [2.05, 4.69) is 0 Å². The van der Waals surface area contributed by atoms with Gasteiger partial charge in [0.1, 0.15) is 12.1 Å². The third-order valence-electron chi connectivity index (χ3n) is 2.20. The summed E-state index contributed by atoms with van der Waals surface area (Å²) in [5.41, 5.74) is 0. The molecular formula is C8H12O2. The lowest BCUT2D eigenvalue weighted by Gasteiger charge is -2.08. The van der Waals surface area contributed by atoms with Gasteiger partial charge in [0.05, 0.1) is 0 Å². The number of carbonyl (C=O) groups is 2. The summed E-state index contributed by atoms with van der Waals surface area (Å²) in [7, 11) is 0. The summed E-state index contributed by atoms with van der Waals surface area (Å²) >= 11 is 0. The minimum atomic E-state index is -0.0602. The number of hydrogen-bond donors (Lipinski definition) is 0. The van der Waals surface area contributed by atoms with Crippen LogP contribution in [0.3, 0.4) is 0 Å². The number of aldehydes is 1. The molecule has 2 heteroatoms. The Morgan fingerprint density at radius 2 is 2.40 bits per heavy atom. The van der Waals surface area contributed by atoms with Gasteiger partial charge in [-0.1, -0.05) is 6.92 Å². The van der Waals surface area contributed by atoms with Gasteiger partial charge in [-0.25, -0.2) is 0 Å². The maximum Gasteiger partial charge on any atom is 0.136 e. The Bertz CT molecular complexity index is 151. The van der Waals surface area contributed by atoms with E-state index in [9.17, 15) is 9.59 Å². The van der Waals surface area contributed by atoms with Gasteiger partial charge in [-0.05, 0) is 12.8 Å². The molecule has 1 rings (SSSR count). The molecule has 2 unspecified atom stereocenters. The molecule has 0 aromatic carbocycles. The summed E-state index contributed by atoms with van der Waals surface area (Å²) < 4.78 is 0. The van der Waals surface area contributed by atoms with Crippen LogP contribution in [0.2, 0.25) is 0 Å². The van der Waals surface area contributed by atoms with Crippen molar-refractivity contribution >= 4 is 12.1 Å². The molecule has 0 spiro atoms. The van der Waals surface area contributed by atoms with Gasteiger partial charge < -0.3 is 4.79 Å². The van der Waals surface area contributed by atoms with E-state index in [1.54, 1.807) is 0 Å². The average Bonchev–Trinajstić information content (AvgIpc) is 2.34. The van der Waals surface area contributed by atoms with Crippen LogP contribution in [-0.2, 0) is 9.59 Å². The molecule has 0 saturated heterocycles. The lowest BCUT2D eigenvalue weighted by atomic mass is 9.93. The van der Waals surface area contributed by atoms with E-state index < -0.39 is 0 Å². The van der Waals surface area contributed by atoms with Crippen LogP contribution in [0, 0.1) is 11.8 Å². The molecule has 0 amide bonds. The molecule has 1 saturated carbocycles. The second-order valence-corrected chi connectivity index (χ2v) is 2.96. The van der Waals surface area contributed by atoms with Gasteiger partial charge in [0.25, 0.3) is 0 Å². The Kier molecular flexibility index (Phi) is 2.20. The quantitative estimate of drug-likeness (QED) is 0.540. The first-order valence-corrected chi connectivity index (χ1v) is 3.73. The predicted molar refractivity (Wildman–Crippen MR) is 37.6 cm³/mol. The molecule has 0 aromatic heterocycles. The van der Waals surface area contributed by atoms with Crippen LogP contribution in [0.5, 0.6) is 0 Å². The van der Waals surface area contributed by atoms with Crippen LogP contribution in [0.15, 0.2) is 0 Å². The second-order valence-electron chi connectivity index (χ2n) is 2.96. The molecule has 0 heterocycles. The van der Waals surface area contributed by atoms with Gasteiger partial charge >= 0.3 is 0 Å². The molecule has 0 N–H and O–H groups in total. The molecular weight excluding hydrogens is 128 g/mol. The largest absolute Gasteiger partial charge is 0.303 e. The molecule has 1 fully saturated rings. The molecule has 1 aliphatic carbocycles. The predicted octanol–water partition coefficient (Wildman–Crippen LogP) is 1.19. The Hall–Kier alpha value is -0.660. The Morgan fingerprint density at radius 1 is 1.70 bits per heavy atom. The van der Waals surface area contributed by atoms with Gasteiger partial charge in [0.2, 0.25) is 0 Å². The summed E-state index contributed by atoms with van der Waals surface area (Å²) in [6, 6.07) is 0. The van der Waals surface area contributed by atoms with E-state index in [1.807, 2.05) is 6.92 Å². The van der Waals surface area contributed by atoms with Crippen molar-refractivity contribution in [1.29, 1.82) is 0 Å². The molecule has 56 valence electrons. The Morgan fingerprint density at radius 3 is 2.80 bits per heavy atom. The van der Waals surface area contributed by atoms with Crippen molar-refractivity contribution in [1.82, 2.24) is 0 Å². The summed E-state index contributed by atoms with van der Waals surface area (Å²) in [6.45, 7) is 1.82. The maximum atomic E-state index is 11.0. The van der Waals surface area contributed by atoms with Gasteiger partial charge in [-0.2, -0.15) is 0 Å². The average molecular weight is 140 g/mol. The van der Waals surface area contributed by atoms with Crippen LogP contribution in [0.1, 0.15) is 26.2 Å². The number of hydrogen-bond acceptors (Lipinski definition) is 2. The van der Waals surface area contributed by atoms with Gasteiger partial charge in [0, 0.05) is 18.3 Å². The van der Waals surface area contributed by atoms with Crippen LogP contribution in [-0.4, -0.2) is 12.1 Å². The van der Waals surface area contributed by atoms with E-state index >= 15 is 0 Å². The standard InChI is InChI=1S/C8H12O2/c1-6(5-9)7-3-2-4-8(7)10/h5-7H,2-4H2,1H3. The SMILES string of the molecule is CC(C=O)C1CCCC1=O. The minimum Gasteiger partial charge on any atom is -0.303 e. The zero-order valence-corrected chi connectivity index (χ0v) is 6.17. The molecule has 0 radical (unpaired) electrons. The van der Waals surface area contributed by atoms with Gasteiger partial charge in [-0.3, -0.25) is 4.79 Å². The highest BCUT2D eigenvalue weighted by Gasteiger charge is 2.28. The number of ketones is 1. The van der Waals surface area contributed by atoms with E-state index in [0.717, 1.165) is 19.1 Å². The van der Waals surface area contributed by atoms with Crippen LogP contribution >= 0.6 is 0 Å². The lowest BCUT2D eigenvalue weighted by Crippen LogP contribution is -2.16. The van der Waals surface area contributed by atoms with Crippen LogP contribution < -0.4 is 0 Å². The molecule has 10 heavy (non-hydrogen) atoms. The summed E-state index contributed by atoms with van der Waals surface area (Å²) in [4.78, 5) is 21.3. The van der Waals surface area contributed by atoms with Crippen molar-refractivity contribution in [3.8, 4) is 0 Å². The molecule has 2 atom stereocenters. The van der Waals surface area contributed by atoms with Crippen molar-refractivity contribution in [2.24, 2.45) is 11.8 Å². The van der Waals surface area contributed by atoms with Crippen molar-refractivity contribution in [2.75, 3.05) is 0 Å². The third kappa shape index (κ3) is 1.25. The minimum absolute atomic E-state index is 0.0394. The second kappa shape index (κ2) is 2.95. The molecule has 1 aliphatic rings. The molecule has 0 aromatic rings. The highest BCUT2D eigenvalue weighted by molar-refractivity contribution is 5.85. The van der Waals surface area contributed by atoms with E-state index in [4.69, 9.17) is 0 Å². The summed E-state index contributed by atoms with van der Waals surface area (Å²) in [5, 5.41) is 0. The first-order valence-electron chi connectivity index (χ1n) is 3.73. The van der Waals surface area contributed by atoms with Crippen molar-refractivity contribution < 1.29 is 9.59 Å². The first kappa shape index (κ1) is 7.45. The highest BCUT2D eigenvalue weighted by atomic mass is 16.1. The molecule has 0 bridgehead atoms. The number of Topliss-reactive ketones (excluding diaryl/α,β-unsaturated/α-hetero) is 1. The monoisotopic (exact) mass is 140 g/mol. The summed E-state index contributed by atoms with van der Waals surface area (Å²) in [5.74, 6) is 0.257. The Balaban J connectivity index is 2.54. The summed E-state index contributed by atoms with van der Waals surface area (Å²) in [6.07, 6.45) is 3.46. The van der Waals surface area contributed by atoms with Gasteiger partial charge in [-0.15, -0.1) is 0 Å². The smallest absolute Gasteiger partial charge is 0.136 e. The fraction of sp³-hybridized carbons (Fsp3) is 0.750. The number of rotatable bonds is 2. The first-order chi connectivity index (χ1) is 4.75. The fourth-order valence-corrected chi connectivity index (χ4v) is 1.49. The van der Waals surface area contributed by atoms with Crippen molar-refractivity contribution in [3.63, 3.8) is 0 Å². The van der Waals surface area contributed by atoms with Crippen LogP contribution in [0.25, 0.3) is 0 Å². The Labute approximate surface area is 60.6 Å². The fourth-order valence-electron chi connectivity index (χ4n) is 1.49. The van der Waals surface area contributed by atoms with Crippen LogP contribution in [0.4, 0.5) is 0 Å². The zero-order chi connectivity index (χ0) is 7.56. The van der Waals surface area contributed by atoms with Crippen molar-refractivity contribution in [3.05, 3.63) is 0 Å². The molecule has 2 nitrogen and oxygen atoms in total. The third-order valence-corrected chi connectivity index (χ3v) is 2.20. The lowest BCUT2D eigenvalue weighted by molar-refractivity contribution is -0.125. The topological polar surface area (TPSA) is 34.1 Å². The maximum absolute atomic E-state index is 11.0. The highest BCUT2D eigenvalue weighted by Crippen LogP contribution is 2.26. The normalized spacial score (nSPS) is 28.5. The van der Waals surface area contributed by atoms with E-state index in [-0.39, 0.29) is 17.6 Å².